The van der Waals surface area contributed by atoms with Crippen molar-refractivity contribution < 1.29 is 4.42 Å². The summed E-state index contributed by atoms with van der Waals surface area (Å²) in [5.41, 5.74) is 2.50. The Kier molecular flexibility index (Phi) is 7.03. The van der Waals surface area contributed by atoms with Crippen LogP contribution in [0.2, 0.25) is 5.02 Å². The Balaban J connectivity index is 1.51. The smallest absolute Gasteiger partial charge is 0.232 e. The van der Waals surface area contributed by atoms with Crippen molar-refractivity contribution in [3.63, 3.8) is 0 Å². The van der Waals surface area contributed by atoms with Crippen LogP contribution >= 0.6 is 11.6 Å². The van der Waals surface area contributed by atoms with E-state index in [1.165, 1.54) is 24.8 Å². The van der Waals surface area contributed by atoms with E-state index in [4.69, 9.17) is 16.0 Å². The van der Waals surface area contributed by atoms with Crippen LogP contribution in [0.25, 0.3) is 12.2 Å². The van der Waals surface area contributed by atoms with Crippen molar-refractivity contribution in [3.8, 4) is 6.07 Å². The van der Waals surface area contributed by atoms with Crippen molar-refractivity contribution in [2.75, 3.05) is 25.0 Å². The highest BCUT2D eigenvalue weighted by atomic mass is 35.5. The van der Waals surface area contributed by atoms with Gasteiger partial charge in [0, 0.05) is 17.6 Å². The van der Waals surface area contributed by atoms with Crippen molar-refractivity contribution in [2.45, 2.75) is 25.3 Å². The number of nitrogens with zero attached hydrogens (tertiary/aromatic N) is 3. The van der Waals surface area contributed by atoms with E-state index in [2.05, 4.69) is 33.4 Å². The molecule has 6 heteroatoms. The molecule has 2 heterocycles. The number of anilines is 1. The minimum Gasteiger partial charge on any atom is -0.420 e. The first-order valence-electron chi connectivity index (χ1n) is 10.6. The highest BCUT2D eigenvalue weighted by molar-refractivity contribution is 6.30. The lowest BCUT2D eigenvalue weighted by atomic mass is 10.0. The van der Waals surface area contributed by atoms with Gasteiger partial charge in [-0.2, -0.15) is 10.2 Å². The molecule has 3 aromatic rings. The maximum atomic E-state index is 9.52. The average molecular weight is 433 g/mol. The van der Waals surface area contributed by atoms with Crippen LogP contribution < -0.4 is 5.32 Å². The number of aromatic nitrogens is 1. The summed E-state index contributed by atoms with van der Waals surface area (Å²) in [5, 5.41) is 13.6. The van der Waals surface area contributed by atoms with E-state index in [0.29, 0.717) is 18.3 Å². The van der Waals surface area contributed by atoms with Gasteiger partial charge in [0.2, 0.25) is 17.5 Å². The summed E-state index contributed by atoms with van der Waals surface area (Å²) in [6, 6.07) is 20.2. The normalized spacial score (nSPS) is 15.6. The molecule has 1 aliphatic rings. The zero-order valence-electron chi connectivity index (χ0n) is 17.3. The lowest BCUT2D eigenvalue weighted by Crippen LogP contribution is -2.37. The maximum absolute atomic E-state index is 9.52. The molecular weight excluding hydrogens is 408 g/mol. The Hall–Kier alpha value is -3.07. The molecule has 0 radical (unpaired) electrons. The number of rotatable bonds is 7. The number of hydrogen-bond donors (Lipinski definition) is 1. The summed E-state index contributed by atoms with van der Waals surface area (Å²) >= 11 is 6.10. The fourth-order valence-corrected chi connectivity index (χ4v) is 4.02. The van der Waals surface area contributed by atoms with E-state index in [1.54, 1.807) is 6.08 Å². The van der Waals surface area contributed by atoms with Gasteiger partial charge in [-0.25, -0.2) is 0 Å². The van der Waals surface area contributed by atoms with Crippen LogP contribution in [-0.4, -0.2) is 29.5 Å². The fourth-order valence-electron chi connectivity index (χ4n) is 3.90. The molecule has 0 saturated carbocycles. The Morgan fingerprint density at radius 2 is 1.81 bits per heavy atom. The predicted octanol–water partition coefficient (Wildman–Crippen LogP) is 6.01. The minimum atomic E-state index is 0.164. The monoisotopic (exact) mass is 432 g/mol. The number of halogens is 1. The molecule has 1 atom stereocenters. The molecule has 0 amide bonds. The second-order valence-corrected chi connectivity index (χ2v) is 8.07. The third kappa shape index (κ3) is 5.55. The molecule has 1 fully saturated rings. The quantitative estimate of drug-likeness (QED) is 0.495. The molecule has 1 N–H and O–H groups in total. The summed E-state index contributed by atoms with van der Waals surface area (Å²) in [7, 11) is 0. The van der Waals surface area contributed by atoms with E-state index < -0.39 is 0 Å². The van der Waals surface area contributed by atoms with Gasteiger partial charge in [-0.05, 0) is 55.3 Å². The van der Waals surface area contributed by atoms with E-state index in [9.17, 15) is 5.26 Å². The van der Waals surface area contributed by atoms with Crippen LogP contribution in [0, 0.1) is 11.3 Å². The molecule has 4 rings (SSSR count). The van der Waals surface area contributed by atoms with Gasteiger partial charge in [-0.15, -0.1) is 0 Å². The topological polar surface area (TPSA) is 65.1 Å². The Morgan fingerprint density at radius 3 is 2.52 bits per heavy atom. The van der Waals surface area contributed by atoms with Crippen molar-refractivity contribution in [1.29, 1.82) is 5.26 Å². The summed E-state index contributed by atoms with van der Waals surface area (Å²) in [6.45, 7) is 2.73. The van der Waals surface area contributed by atoms with Crippen LogP contribution in [0.15, 0.2) is 59.0 Å². The van der Waals surface area contributed by atoms with Gasteiger partial charge in [-0.3, -0.25) is 4.90 Å². The molecule has 5 nitrogen and oxygen atoms in total. The van der Waals surface area contributed by atoms with Gasteiger partial charge in [0.05, 0.1) is 6.04 Å². The molecule has 1 aromatic heterocycles. The van der Waals surface area contributed by atoms with Crippen molar-refractivity contribution in [1.82, 2.24) is 9.88 Å². The molecule has 0 spiro atoms. The Labute approximate surface area is 188 Å². The fraction of sp³-hybridized carbons (Fsp3) is 0.280. The van der Waals surface area contributed by atoms with Gasteiger partial charge in [-0.1, -0.05) is 60.5 Å². The molecule has 0 bridgehead atoms. The molecule has 158 valence electrons. The third-order valence-electron chi connectivity index (χ3n) is 5.51. The second kappa shape index (κ2) is 10.3. The number of benzene rings is 2. The van der Waals surface area contributed by atoms with Gasteiger partial charge in [0.1, 0.15) is 6.07 Å². The number of oxazole rings is 1. The SMILES string of the molecule is N#Cc1nc(/C=C/c2ccccc2)oc1NC[C@@H](c1ccc(Cl)cc1)N1CCCCC1. The number of likely N-dealkylation sites (tertiary alicyclic amines) is 1. The number of nitriles is 1. The third-order valence-corrected chi connectivity index (χ3v) is 5.76. The first-order chi connectivity index (χ1) is 15.2. The predicted molar refractivity (Wildman–Crippen MR) is 125 cm³/mol. The highest BCUT2D eigenvalue weighted by Gasteiger charge is 2.23. The standard InChI is InChI=1S/C25H25ClN4O/c26-21-12-10-20(11-13-21)23(30-15-5-2-6-16-30)18-28-25-22(17-27)29-24(31-25)14-9-19-7-3-1-4-8-19/h1,3-4,7-14,23,28H,2,5-6,15-16,18H2/b14-9+/t23-/m0/s1. The first-order valence-corrected chi connectivity index (χ1v) is 11.0. The van der Waals surface area contributed by atoms with Crippen LogP contribution in [0.3, 0.4) is 0 Å². The van der Waals surface area contributed by atoms with Crippen molar-refractivity contribution in [2.24, 2.45) is 0 Å². The van der Waals surface area contributed by atoms with Crippen LogP contribution in [0.5, 0.6) is 0 Å². The van der Waals surface area contributed by atoms with Gasteiger partial charge < -0.3 is 9.73 Å². The number of piperidine rings is 1. The molecule has 31 heavy (non-hydrogen) atoms. The summed E-state index contributed by atoms with van der Waals surface area (Å²) in [6.07, 6.45) is 7.37. The van der Waals surface area contributed by atoms with Crippen LogP contribution in [0.1, 0.15) is 48.0 Å². The molecule has 1 saturated heterocycles. The molecule has 1 aliphatic heterocycles. The van der Waals surface area contributed by atoms with E-state index in [0.717, 1.165) is 23.7 Å². The van der Waals surface area contributed by atoms with Crippen molar-refractivity contribution in [3.05, 3.63) is 82.3 Å². The summed E-state index contributed by atoms with van der Waals surface area (Å²) < 4.78 is 5.85. The maximum Gasteiger partial charge on any atom is 0.232 e. The van der Waals surface area contributed by atoms with E-state index in [-0.39, 0.29) is 11.7 Å². The molecule has 0 unspecified atom stereocenters. The lowest BCUT2D eigenvalue weighted by Gasteiger charge is -2.35. The van der Waals surface area contributed by atoms with Gasteiger partial charge in [0.15, 0.2) is 0 Å². The van der Waals surface area contributed by atoms with Crippen LogP contribution in [-0.2, 0) is 0 Å². The van der Waals surface area contributed by atoms with Gasteiger partial charge >= 0.3 is 0 Å². The Bertz CT molecular complexity index is 1050. The van der Waals surface area contributed by atoms with Crippen LogP contribution in [0.4, 0.5) is 5.88 Å². The largest absolute Gasteiger partial charge is 0.420 e. The van der Waals surface area contributed by atoms with Crippen molar-refractivity contribution >= 4 is 29.6 Å². The zero-order valence-corrected chi connectivity index (χ0v) is 18.1. The van der Waals surface area contributed by atoms with E-state index >= 15 is 0 Å². The molecule has 2 aromatic carbocycles. The summed E-state index contributed by atoms with van der Waals surface area (Å²) in [4.78, 5) is 6.79. The first kappa shape index (κ1) is 21.2. The molecule has 0 aliphatic carbocycles. The average Bonchev–Trinajstić information content (AvgIpc) is 3.22. The zero-order chi connectivity index (χ0) is 21.5. The highest BCUT2D eigenvalue weighted by Crippen LogP contribution is 2.27. The second-order valence-electron chi connectivity index (χ2n) is 7.63. The van der Waals surface area contributed by atoms with E-state index in [1.807, 2.05) is 48.5 Å². The summed E-state index contributed by atoms with van der Waals surface area (Å²) in [5.74, 6) is 0.815. The number of nitrogens with one attached hydrogen (secondary N) is 1. The lowest BCUT2D eigenvalue weighted by molar-refractivity contribution is 0.170. The minimum absolute atomic E-state index is 0.164. The molecular formula is C25H25ClN4O. The Morgan fingerprint density at radius 1 is 1.06 bits per heavy atom. The number of hydrogen-bond acceptors (Lipinski definition) is 5. The van der Waals surface area contributed by atoms with Gasteiger partial charge in [0.25, 0.3) is 0 Å².